The predicted molar refractivity (Wildman–Crippen MR) is 63.0 cm³/mol. The monoisotopic (exact) mass is 232 g/mol. The first-order chi connectivity index (χ1) is 8.20. The van der Waals surface area contributed by atoms with Crippen molar-refractivity contribution in [1.82, 2.24) is 15.2 Å². The Balaban J connectivity index is 2.17. The highest BCUT2D eigenvalue weighted by Crippen LogP contribution is 2.06. The third-order valence-electron chi connectivity index (χ3n) is 2.32. The summed E-state index contributed by atoms with van der Waals surface area (Å²) in [5.74, 6) is -0.0592. The molecule has 0 aliphatic rings. The van der Waals surface area contributed by atoms with Crippen molar-refractivity contribution in [2.24, 2.45) is 0 Å². The van der Waals surface area contributed by atoms with Gasteiger partial charge < -0.3 is 10.3 Å². The molecule has 0 radical (unpaired) electrons. The van der Waals surface area contributed by atoms with Crippen molar-refractivity contribution in [1.29, 1.82) is 0 Å². The zero-order chi connectivity index (χ0) is 12.3. The Morgan fingerprint density at radius 1 is 1.53 bits per heavy atom. The maximum Gasteiger partial charge on any atom is 0.262 e. The van der Waals surface area contributed by atoms with Gasteiger partial charge in [-0.2, -0.15) is 5.10 Å². The minimum absolute atomic E-state index is 0.0635. The van der Waals surface area contributed by atoms with Gasteiger partial charge in [0.25, 0.3) is 11.5 Å². The quantitative estimate of drug-likeness (QED) is 0.734. The first-order valence-corrected chi connectivity index (χ1v) is 5.24. The van der Waals surface area contributed by atoms with Gasteiger partial charge in [0.1, 0.15) is 5.56 Å². The summed E-state index contributed by atoms with van der Waals surface area (Å²) >= 11 is 0. The lowest BCUT2D eigenvalue weighted by molar-refractivity contribution is 0.102. The normalized spacial score (nSPS) is 10.2. The van der Waals surface area contributed by atoms with E-state index >= 15 is 0 Å². The van der Waals surface area contributed by atoms with Crippen LogP contribution in [0.2, 0.25) is 0 Å². The number of carbonyl (C=O) groups excluding carboxylic acids is 1. The predicted octanol–water partition coefficient (Wildman–Crippen LogP) is 0.913. The average Bonchev–Trinajstić information content (AvgIpc) is 2.77. The number of H-pyrrole nitrogens is 2. The standard InChI is InChI=1S/C11H12N4O2/c1-2-7-6-9(15-14-7)13-11(17)8-4-3-5-12-10(8)16/h3-6H,2H2,1H3,(H,12,16)(H2,13,14,15,17). The minimum Gasteiger partial charge on any atom is -0.328 e. The summed E-state index contributed by atoms with van der Waals surface area (Å²) in [4.78, 5) is 25.6. The summed E-state index contributed by atoms with van der Waals surface area (Å²) in [6.07, 6.45) is 2.28. The van der Waals surface area contributed by atoms with E-state index in [2.05, 4.69) is 20.5 Å². The van der Waals surface area contributed by atoms with Gasteiger partial charge in [0.2, 0.25) is 0 Å². The van der Waals surface area contributed by atoms with Crippen LogP contribution in [0.3, 0.4) is 0 Å². The van der Waals surface area contributed by atoms with Crippen LogP contribution in [0, 0.1) is 0 Å². The van der Waals surface area contributed by atoms with Crippen molar-refractivity contribution in [3.63, 3.8) is 0 Å². The van der Waals surface area contributed by atoms with E-state index in [0.29, 0.717) is 5.82 Å². The van der Waals surface area contributed by atoms with Crippen LogP contribution in [-0.2, 0) is 6.42 Å². The molecule has 2 aromatic rings. The molecule has 2 rings (SSSR count). The number of pyridine rings is 1. The number of hydrogen-bond acceptors (Lipinski definition) is 3. The summed E-state index contributed by atoms with van der Waals surface area (Å²) < 4.78 is 0. The third kappa shape index (κ3) is 2.41. The fraction of sp³-hybridized carbons (Fsp3) is 0.182. The molecule has 0 aliphatic carbocycles. The SMILES string of the molecule is CCc1cc(NC(=O)c2ccc[nH]c2=O)n[nH]1. The van der Waals surface area contributed by atoms with E-state index in [4.69, 9.17) is 0 Å². The number of aromatic amines is 2. The van der Waals surface area contributed by atoms with Crippen LogP contribution in [0.5, 0.6) is 0 Å². The number of nitrogens with zero attached hydrogens (tertiary/aromatic N) is 1. The Bertz CT molecular complexity index is 585. The number of nitrogens with one attached hydrogen (secondary N) is 3. The zero-order valence-electron chi connectivity index (χ0n) is 9.28. The second-order valence-corrected chi connectivity index (χ2v) is 3.50. The van der Waals surface area contributed by atoms with Gasteiger partial charge in [-0.1, -0.05) is 6.92 Å². The van der Waals surface area contributed by atoms with Crippen LogP contribution in [-0.4, -0.2) is 21.1 Å². The van der Waals surface area contributed by atoms with E-state index < -0.39 is 11.5 Å². The number of aromatic nitrogens is 3. The summed E-state index contributed by atoms with van der Waals surface area (Å²) in [5, 5.41) is 9.24. The van der Waals surface area contributed by atoms with Crippen molar-refractivity contribution in [3.05, 3.63) is 46.0 Å². The first kappa shape index (κ1) is 11.1. The van der Waals surface area contributed by atoms with E-state index in [1.165, 1.54) is 12.3 Å². The van der Waals surface area contributed by atoms with Gasteiger partial charge in [0.15, 0.2) is 5.82 Å². The van der Waals surface area contributed by atoms with E-state index in [1.807, 2.05) is 6.92 Å². The Labute approximate surface area is 97.1 Å². The smallest absolute Gasteiger partial charge is 0.262 e. The topological polar surface area (TPSA) is 90.6 Å². The molecule has 88 valence electrons. The van der Waals surface area contributed by atoms with Gasteiger partial charge in [-0.05, 0) is 18.6 Å². The zero-order valence-corrected chi connectivity index (χ0v) is 9.28. The van der Waals surface area contributed by atoms with Gasteiger partial charge in [-0.3, -0.25) is 14.7 Å². The van der Waals surface area contributed by atoms with Crippen LogP contribution >= 0.6 is 0 Å². The molecule has 6 nitrogen and oxygen atoms in total. The fourth-order valence-electron chi connectivity index (χ4n) is 1.39. The number of rotatable bonds is 3. The Hall–Kier alpha value is -2.37. The molecule has 0 fully saturated rings. The molecule has 0 bridgehead atoms. The maximum absolute atomic E-state index is 11.7. The van der Waals surface area contributed by atoms with Crippen LogP contribution in [0.25, 0.3) is 0 Å². The summed E-state index contributed by atoms with van der Waals surface area (Å²) in [5.41, 5.74) is 0.562. The lowest BCUT2D eigenvalue weighted by atomic mass is 10.2. The third-order valence-corrected chi connectivity index (χ3v) is 2.32. The van der Waals surface area contributed by atoms with Crippen molar-refractivity contribution in [2.45, 2.75) is 13.3 Å². The summed E-state index contributed by atoms with van der Waals surface area (Å²) in [6, 6.07) is 4.79. The molecule has 2 aromatic heterocycles. The number of anilines is 1. The van der Waals surface area contributed by atoms with E-state index in [-0.39, 0.29) is 5.56 Å². The van der Waals surface area contributed by atoms with Crippen LogP contribution in [0.4, 0.5) is 5.82 Å². The highest BCUT2D eigenvalue weighted by atomic mass is 16.2. The van der Waals surface area contributed by atoms with Crippen LogP contribution in [0.1, 0.15) is 23.0 Å². The molecular formula is C11H12N4O2. The number of carbonyl (C=O) groups is 1. The second-order valence-electron chi connectivity index (χ2n) is 3.50. The molecule has 0 atom stereocenters. The fourth-order valence-corrected chi connectivity index (χ4v) is 1.39. The number of amides is 1. The largest absolute Gasteiger partial charge is 0.328 e. The first-order valence-electron chi connectivity index (χ1n) is 5.24. The second kappa shape index (κ2) is 4.65. The van der Waals surface area contributed by atoms with E-state index in [1.54, 1.807) is 12.1 Å². The van der Waals surface area contributed by atoms with Gasteiger partial charge in [0, 0.05) is 18.0 Å². The van der Waals surface area contributed by atoms with Gasteiger partial charge >= 0.3 is 0 Å². The average molecular weight is 232 g/mol. The molecule has 1 amide bonds. The molecule has 0 spiro atoms. The maximum atomic E-state index is 11.7. The minimum atomic E-state index is -0.471. The molecule has 2 heterocycles. The van der Waals surface area contributed by atoms with Gasteiger partial charge in [0.05, 0.1) is 0 Å². The van der Waals surface area contributed by atoms with Crippen molar-refractivity contribution in [2.75, 3.05) is 5.32 Å². The van der Waals surface area contributed by atoms with E-state index in [0.717, 1.165) is 12.1 Å². The molecule has 17 heavy (non-hydrogen) atoms. The lowest BCUT2D eigenvalue weighted by Crippen LogP contribution is -2.22. The van der Waals surface area contributed by atoms with Gasteiger partial charge in [-0.15, -0.1) is 0 Å². The molecule has 0 aromatic carbocycles. The van der Waals surface area contributed by atoms with E-state index in [9.17, 15) is 9.59 Å². The summed E-state index contributed by atoms with van der Waals surface area (Å²) in [7, 11) is 0. The Morgan fingerprint density at radius 2 is 2.35 bits per heavy atom. The molecule has 0 saturated heterocycles. The van der Waals surface area contributed by atoms with Crippen LogP contribution in [0.15, 0.2) is 29.2 Å². The molecule has 0 unspecified atom stereocenters. The van der Waals surface area contributed by atoms with Crippen molar-refractivity contribution < 1.29 is 4.79 Å². The highest BCUT2D eigenvalue weighted by Gasteiger charge is 2.11. The Kier molecular flexibility index (Phi) is 3.04. The van der Waals surface area contributed by atoms with Gasteiger partial charge in [-0.25, -0.2) is 0 Å². The Morgan fingerprint density at radius 3 is 3.00 bits per heavy atom. The number of hydrogen-bond donors (Lipinski definition) is 3. The molecular weight excluding hydrogens is 220 g/mol. The molecule has 3 N–H and O–H groups in total. The van der Waals surface area contributed by atoms with Crippen LogP contribution < -0.4 is 10.9 Å². The molecule has 0 aliphatic heterocycles. The molecule has 6 heteroatoms. The number of aryl methyl sites for hydroxylation is 1. The highest BCUT2D eigenvalue weighted by molar-refractivity contribution is 6.03. The van der Waals surface area contributed by atoms with Crippen molar-refractivity contribution >= 4 is 11.7 Å². The molecule has 0 saturated carbocycles. The lowest BCUT2D eigenvalue weighted by Gasteiger charge is -1.99. The van der Waals surface area contributed by atoms with Crippen molar-refractivity contribution in [3.8, 4) is 0 Å². The summed E-state index contributed by atoms with van der Waals surface area (Å²) in [6.45, 7) is 1.97.